The summed E-state index contributed by atoms with van der Waals surface area (Å²) < 4.78 is 5.00. The average molecular weight is 328 g/mol. The molecule has 0 atom stereocenters. The molecule has 0 spiro atoms. The molecule has 1 aromatic heterocycles. The number of hydrogen-bond donors (Lipinski definition) is 1. The highest BCUT2D eigenvalue weighted by molar-refractivity contribution is 5.99. The highest BCUT2D eigenvalue weighted by Crippen LogP contribution is 2.11. The Kier molecular flexibility index (Phi) is 6.31. The van der Waals surface area contributed by atoms with Crippen molar-refractivity contribution < 1.29 is 19.5 Å². The Morgan fingerprint density at radius 3 is 2.54 bits per heavy atom. The summed E-state index contributed by atoms with van der Waals surface area (Å²) in [4.78, 5) is 20.0. The van der Waals surface area contributed by atoms with Gasteiger partial charge in [-0.25, -0.2) is 9.78 Å². The van der Waals surface area contributed by atoms with Crippen molar-refractivity contribution in [2.75, 3.05) is 6.61 Å². The summed E-state index contributed by atoms with van der Waals surface area (Å²) in [6.45, 7) is 4.00. The van der Waals surface area contributed by atoms with Gasteiger partial charge in [0.25, 0.3) is 0 Å². The maximum Gasteiger partial charge on any atom is 0.341 e. The van der Waals surface area contributed by atoms with Gasteiger partial charge in [-0.05, 0) is 25.0 Å². The van der Waals surface area contributed by atoms with Crippen molar-refractivity contribution in [1.29, 1.82) is 0 Å². The lowest BCUT2D eigenvalue weighted by molar-refractivity contribution is -0.139. The molecule has 0 radical (unpaired) electrons. The summed E-state index contributed by atoms with van der Waals surface area (Å²) in [5, 5.41) is 12.7. The second-order valence-electron chi connectivity index (χ2n) is 5.22. The van der Waals surface area contributed by atoms with Gasteiger partial charge in [-0.3, -0.25) is 0 Å². The number of aryl methyl sites for hydroxylation is 1. The number of ether oxygens (including phenoxy) is 1. The third kappa shape index (κ3) is 5.39. The van der Waals surface area contributed by atoms with Crippen LogP contribution in [-0.4, -0.2) is 28.4 Å². The van der Waals surface area contributed by atoms with Gasteiger partial charge in [0.05, 0.1) is 5.71 Å². The number of hydrogen-bond acceptors (Lipinski definition) is 5. The predicted molar refractivity (Wildman–Crippen MR) is 90.2 cm³/mol. The van der Waals surface area contributed by atoms with Gasteiger partial charge < -0.3 is 14.7 Å². The van der Waals surface area contributed by atoms with E-state index in [2.05, 4.69) is 10.1 Å². The minimum atomic E-state index is -1.04. The predicted octanol–water partition coefficient (Wildman–Crippen LogP) is 3.18. The number of nitrogens with zero attached hydrogens (tertiary/aromatic N) is 2. The lowest BCUT2D eigenvalue weighted by Crippen LogP contribution is -2.10. The van der Waals surface area contributed by atoms with Crippen molar-refractivity contribution in [3.05, 3.63) is 59.3 Å². The Hall–Kier alpha value is -2.89. The van der Waals surface area contributed by atoms with Crippen LogP contribution in [0.3, 0.4) is 0 Å². The molecule has 0 amide bonds. The van der Waals surface area contributed by atoms with Gasteiger partial charge in [-0.1, -0.05) is 41.9 Å². The van der Waals surface area contributed by atoms with E-state index in [1.54, 1.807) is 18.3 Å². The van der Waals surface area contributed by atoms with E-state index in [0.717, 1.165) is 16.8 Å². The number of rotatable bonds is 8. The van der Waals surface area contributed by atoms with Crippen LogP contribution in [0.1, 0.15) is 30.0 Å². The summed E-state index contributed by atoms with van der Waals surface area (Å²) >= 11 is 0. The Morgan fingerprint density at radius 2 is 1.96 bits per heavy atom. The van der Waals surface area contributed by atoms with Crippen LogP contribution in [0.25, 0.3) is 0 Å². The fraction of sp³-hybridized carbons (Fsp3) is 0.278. The van der Waals surface area contributed by atoms with Gasteiger partial charge in [0, 0.05) is 17.8 Å². The quantitative estimate of drug-likeness (QED) is 0.594. The minimum Gasteiger partial charge on any atom is -0.479 e. The van der Waals surface area contributed by atoms with Crippen LogP contribution in [-0.2, 0) is 16.2 Å². The maximum atomic E-state index is 10.5. The van der Waals surface area contributed by atoms with Crippen molar-refractivity contribution in [2.45, 2.75) is 26.9 Å². The van der Waals surface area contributed by atoms with Crippen molar-refractivity contribution in [1.82, 2.24) is 4.98 Å². The van der Waals surface area contributed by atoms with Crippen molar-refractivity contribution in [3.63, 3.8) is 0 Å². The largest absolute Gasteiger partial charge is 0.479 e. The van der Waals surface area contributed by atoms with E-state index in [9.17, 15) is 4.79 Å². The fourth-order valence-corrected chi connectivity index (χ4v) is 1.96. The number of carbonyl (C=O) groups is 1. The topological polar surface area (TPSA) is 81.0 Å². The van der Waals surface area contributed by atoms with E-state index < -0.39 is 12.6 Å². The van der Waals surface area contributed by atoms with Gasteiger partial charge in [-0.2, -0.15) is 0 Å². The first-order valence-electron chi connectivity index (χ1n) is 7.64. The Balaban J connectivity index is 1.96. The molecule has 6 heteroatoms. The highest BCUT2D eigenvalue weighted by Gasteiger charge is 2.05. The Morgan fingerprint density at radius 1 is 1.21 bits per heavy atom. The van der Waals surface area contributed by atoms with E-state index in [4.69, 9.17) is 14.7 Å². The molecule has 0 saturated heterocycles. The third-order valence-corrected chi connectivity index (χ3v) is 3.27. The smallest absolute Gasteiger partial charge is 0.341 e. The van der Waals surface area contributed by atoms with Crippen LogP contribution in [0.15, 0.2) is 47.8 Å². The average Bonchev–Trinajstić information content (AvgIpc) is 2.59. The van der Waals surface area contributed by atoms with E-state index in [1.807, 2.05) is 38.1 Å². The molecule has 0 aliphatic carbocycles. The van der Waals surface area contributed by atoms with Crippen LogP contribution in [0.2, 0.25) is 0 Å². The summed E-state index contributed by atoms with van der Waals surface area (Å²) in [5.41, 5.74) is 3.83. The molecule has 126 valence electrons. The van der Waals surface area contributed by atoms with Gasteiger partial charge >= 0.3 is 5.97 Å². The molecule has 24 heavy (non-hydrogen) atoms. The van der Waals surface area contributed by atoms with Crippen LogP contribution in [0.5, 0.6) is 5.88 Å². The number of carboxylic acid groups (broad SMARTS) is 1. The second-order valence-corrected chi connectivity index (χ2v) is 5.22. The summed E-state index contributed by atoms with van der Waals surface area (Å²) in [5.74, 6) is -0.779. The molecular formula is C18H20N2O4. The Bertz CT molecular complexity index is 694. The third-order valence-electron chi connectivity index (χ3n) is 3.27. The summed E-state index contributed by atoms with van der Waals surface area (Å²) in [6, 6.07) is 11.5. The maximum absolute atomic E-state index is 10.5. The van der Waals surface area contributed by atoms with E-state index in [0.29, 0.717) is 13.0 Å². The lowest BCUT2D eigenvalue weighted by atomic mass is 10.1. The molecule has 0 bridgehead atoms. The number of carboxylic acids is 1. The normalized spacial score (nSPS) is 11.2. The fourth-order valence-electron chi connectivity index (χ4n) is 1.96. The van der Waals surface area contributed by atoms with Gasteiger partial charge in [-0.15, -0.1) is 0 Å². The van der Waals surface area contributed by atoms with Gasteiger partial charge in [0.1, 0.15) is 6.61 Å². The number of pyridine rings is 1. The highest BCUT2D eigenvalue weighted by atomic mass is 16.6. The number of oxime groups is 1. The zero-order chi connectivity index (χ0) is 17.4. The number of aromatic nitrogens is 1. The molecule has 2 aromatic rings. The van der Waals surface area contributed by atoms with Crippen LogP contribution >= 0.6 is 0 Å². The monoisotopic (exact) mass is 328 g/mol. The van der Waals surface area contributed by atoms with Gasteiger partial charge in [0.15, 0.2) is 6.61 Å². The summed E-state index contributed by atoms with van der Waals surface area (Å²) in [7, 11) is 0. The molecule has 1 N–H and O–H groups in total. The Labute approximate surface area is 140 Å². The number of benzene rings is 1. The van der Waals surface area contributed by atoms with Crippen LogP contribution < -0.4 is 4.74 Å². The van der Waals surface area contributed by atoms with Crippen LogP contribution in [0.4, 0.5) is 0 Å². The first-order chi connectivity index (χ1) is 11.6. The molecule has 0 saturated carbocycles. The molecule has 0 aliphatic heterocycles. The van der Waals surface area contributed by atoms with Crippen molar-refractivity contribution in [2.24, 2.45) is 5.16 Å². The molecule has 0 aliphatic rings. The molecule has 1 aromatic carbocycles. The minimum absolute atomic E-state index is 0.261. The SMILES string of the molecule is CC/C(=N\OCc1ccc(C)cc1)c1ccc(OCC(=O)O)nc1. The van der Waals surface area contributed by atoms with Crippen LogP contribution in [0, 0.1) is 6.92 Å². The zero-order valence-corrected chi connectivity index (χ0v) is 13.7. The number of aliphatic carboxylic acids is 1. The van der Waals surface area contributed by atoms with E-state index >= 15 is 0 Å². The molecule has 1 heterocycles. The van der Waals surface area contributed by atoms with Gasteiger partial charge in [0.2, 0.25) is 5.88 Å². The molecule has 0 unspecified atom stereocenters. The molecule has 2 rings (SSSR count). The molecular weight excluding hydrogens is 308 g/mol. The van der Waals surface area contributed by atoms with E-state index in [1.165, 1.54) is 5.56 Å². The first-order valence-corrected chi connectivity index (χ1v) is 7.64. The molecule has 6 nitrogen and oxygen atoms in total. The second kappa shape index (κ2) is 8.67. The first kappa shape index (κ1) is 17.5. The lowest BCUT2D eigenvalue weighted by Gasteiger charge is -2.06. The van der Waals surface area contributed by atoms with E-state index in [-0.39, 0.29) is 5.88 Å². The molecule has 0 fully saturated rings. The zero-order valence-electron chi connectivity index (χ0n) is 13.7. The standard InChI is InChI=1S/C18H20N2O4/c1-3-16(20-24-11-14-6-4-13(2)5-7-14)15-8-9-17(19-10-15)23-12-18(21)22/h4-10H,3,11-12H2,1-2H3,(H,21,22)/b20-16+. The van der Waals surface area contributed by atoms with Crippen molar-refractivity contribution in [3.8, 4) is 5.88 Å². The van der Waals surface area contributed by atoms with Crippen molar-refractivity contribution >= 4 is 11.7 Å². The summed E-state index contributed by atoms with van der Waals surface area (Å²) in [6.07, 6.45) is 2.28.